The Balaban J connectivity index is 1.38. The molecule has 0 radical (unpaired) electrons. The maximum Gasteiger partial charge on any atom is 0.338 e. The summed E-state index contributed by atoms with van der Waals surface area (Å²) in [5.41, 5.74) is 0.321. The van der Waals surface area contributed by atoms with Crippen LogP contribution in [0.5, 0.6) is 11.5 Å². The largest absolute Gasteiger partial charge is 0.486 e. The number of amides is 1. The number of ether oxygens (including phenoxy) is 3. The third-order valence-corrected chi connectivity index (χ3v) is 4.56. The van der Waals surface area contributed by atoms with Gasteiger partial charge in [0.1, 0.15) is 13.2 Å². The van der Waals surface area contributed by atoms with Gasteiger partial charge in [0, 0.05) is 17.2 Å². The van der Waals surface area contributed by atoms with Crippen molar-refractivity contribution in [3.63, 3.8) is 0 Å². The molecule has 1 heterocycles. The lowest BCUT2D eigenvalue weighted by Gasteiger charge is -2.18. The summed E-state index contributed by atoms with van der Waals surface area (Å²) in [6.45, 7) is 1.11. The van der Waals surface area contributed by atoms with Crippen LogP contribution in [-0.4, -0.2) is 44.0 Å². The highest BCUT2D eigenvalue weighted by atomic mass is 32.2. The number of carbonyl (C=O) groups excluding carboxylic acids is 2. The smallest absolute Gasteiger partial charge is 0.338 e. The Kier molecular flexibility index (Phi) is 6.38. The van der Waals surface area contributed by atoms with E-state index in [1.54, 1.807) is 30.0 Å². The minimum Gasteiger partial charge on any atom is -0.486 e. The van der Waals surface area contributed by atoms with Crippen molar-refractivity contribution in [1.82, 2.24) is 5.32 Å². The molecule has 0 saturated carbocycles. The molecule has 0 unspecified atom stereocenters. The average Bonchev–Trinajstić information content (AvgIpc) is 2.70. The van der Waals surface area contributed by atoms with E-state index in [1.807, 2.05) is 30.3 Å². The summed E-state index contributed by atoms with van der Waals surface area (Å²) in [5, 5.41) is 2.73. The summed E-state index contributed by atoms with van der Waals surface area (Å²) in [6.07, 6.45) is 0. The van der Waals surface area contributed by atoms with Crippen LogP contribution < -0.4 is 14.8 Å². The van der Waals surface area contributed by atoms with E-state index >= 15 is 0 Å². The zero-order valence-corrected chi connectivity index (χ0v) is 14.9. The Morgan fingerprint density at radius 2 is 1.81 bits per heavy atom. The van der Waals surface area contributed by atoms with Gasteiger partial charge in [0.25, 0.3) is 5.91 Å². The topological polar surface area (TPSA) is 73.9 Å². The summed E-state index contributed by atoms with van der Waals surface area (Å²) in [5.74, 6) is 0.946. The third-order valence-electron chi connectivity index (χ3n) is 3.55. The van der Waals surface area contributed by atoms with E-state index in [9.17, 15) is 9.59 Å². The molecule has 2 aromatic carbocycles. The highest BCUT2D eigenvalue weighted by Crippen LogP contribution is 2.30. The highest BCUT2D eigenvalue weighted by molar-refractivity contribution is 7.99. The second-order valence-corrected chi connectivity index (χ2v) is 6.61. The van der Waals surface area contributed by atoms with E-state index in [2.05, 4.69) is 5.32 Å². The maximum atomic E-state index is 12.0. The minimum atomic E-state index is -0.573. The lowest BCUT2D eigenvalue weighted by atomic mass is 10.2. The summed E-state index contributed by atoms with van der Waals surface area (Å²) in [4.78, 5) is 25.0. The fourth-order valence-corrected chi connectivity index (χ4v) is 3.10. The number of nitrogens with one attached hydrogen (secondary N) is 1. The van der Waals surface area contributed by atoms with Crippen LogP contribution >= 0.6 is 11.8 Å². The van der Waals surface area contributed by atoms with Crippen molar-refractivity contribution in [1.29, 1.82) is 0 Å². The molecule has 0 aliphatic carbocycles. The third kappa shape index (κ3) is 5.16. The fraction of sp³-hybridized carbons (Fsp3) is 0.263. The number of esters is 1. The van der Waals surface area contributed by atoms with Crippen LogP contribution in [0.3, 0.4) is 0 Å². The number of carbonyl (C=O) groups is 2. The predicted octanol–water partition coefficient (Wildman–Crippen LogP) is 2.52. The van der Waals surface area contributed by atoms with Gasteiger partial charge in [-0.05, 0) is 30.3 Å². The number of hydrogen-bond donors (Lipinski definition) is 1. The molecular weight excluding hydrogens is 354 g/mol. The molecule has 2 aromatic rings. The lowest BCUT2D eigenvalue weighted by Crippen LogP contribution is -2.30. The van der Waals surface area contributed by atoms with E-state index in [1.165, 1.54) is 0 Å². The summed E-state index contributed by atoms with van der Waals surface area (Å²) >= 11 is 1.65. The van der Waals surface area contributed by atoms with Crippen molar-refractivity contribution in [2.24, 2.45) is 0 Å². The molecule has 0 bridgehead atoms. The number of hydrogen-bond acceptors (Lipinski definition) is 6. The van der Waals surface area contributed by atoms with Crippen molar-refractivity contribution in [3.8, 4) is 11.5 Å². The SMILES string of the molecule is O=C(COC(=O)c1ccc2c(c1)OCCO2)NCCSc1ccccc1. The van der Waals surface area contributed by atoms with Gasteiger partial charge in [0.15, 0.2) is 18.1 Å². The molecule has 1 aliphatic heterocycles. The van der Waals surface area contributed by atoms with Gasteiger partial charge in [0.05, 0.1) is 5.56 Å². The van der Waals surface area contributed by atoms with E-state index in [0.717, 1.165) is 10.6 Å². The predicted molar refractivity (Wildman–Crippen MR) is 97.9 cm³/mol. The molecule has 1 aliphatic rings. The molecule has 6 nitrogen and oxygen atoms in total. The maximum absolute atomic E-state index is 12.0. The van der Waals surface area contributed by atoms with E-state index in [-0.39, 0.29) is 12.5 Å². The summed E-state index contributed by atoms with van der Waals surface area (Å²) in [6, 6.07) is 14.7. The highest BCUT2D eigenvalue weighted by Gasteiger charge is 2.16. The van der Waals surface area contributed by atoms with Gasteiger partial charge in [-0.25, -0.2) is 4.79 Å². The van der Waals surface area contributed by atoms with Crippen LogP contribution in [0, 0.1) is 0 Å². The number of benzene rings is 2. The van der Waals surface area contributed by atoms with Crippen LogP contribution in [0.25, 0.3) is 0 Å². The van der Waals surface area contributed by atoms with Crippen molar-refractivity contribution < 1.29 is 23.8 Å². The quantitative estimate of drug-likeness (QED) is 0.457. The van der Waals surface area contributed by atoms with E-state index in [0.29, 0.717) is 36.8 Å². The van der Waals surface area contributed by atoms with Gasteiger partial charge in [-0.2, -0.15) is 0 Å². The van der Waals surface area contributed by atoms with Crippen LogP contribution in [0.1, 0.15) is 10.4 Å². The first kappa shape index (κ1) is 18.1. The first-order chi connectivity index (χ1) is 12.7. The van der Waals surface area contributed by atoms with Gasteiger partial charge in [-0.15, -0.1) is 11.8 Å². The number of fused-ring (bicyclic) bond motifs is 1. The Bertz CT molecular complexity index is 766. The molecule has 0 atom stereocenters. The van der Waals surface area contributed by atoms with Crippen LogP contribution in [0.2, 0.25) is 0 Å². The second kappa shape index (κ2) is 9.15. The zero-order chi connectivity index (χ0) is 18.2. The van der Waals surface area contributed by atoms with Crippen molar-refractivity contribution in [2.75, 3.05) is 32.1 Å². The number of rotatable bonds is 7. The molecule has 26 heavy (non-hydrogen) atoms. The minimum absolute atomic E-state index is 0.316. The van der Waals surface area contributed by atoms with Crippen molar-refractivity contribution >= 4 is 23.6 Å². The second-order valence-electron chi connectivity index (χ2n) is 5.45. The molecule has 0 fully saturated rings. The van der Waals surface area contributed by atoms with Gasteiger partial charge < -0.3 is 19.5 Å². The van der Waals surface area contributed by atoms with Crippen LogP contribution in [-0.2, 0) is 9.53 Å². The number of thioether (sulfide) groups is 1. The molecule has 3 rings (SSSR count). The molecule has 0 saturated heterocycles. The fourth-order valence-electron chi connectivity index (χ4n) is 2.31. The van der Waals surface area contributed by atoms with Gasteiger partial charge in [-0.3, -0.25) is 4.79 Å². The first-order valence-electron chi connectivity index (χ1n) is 8.24. The van der Waals surface area contributed by atoms with Gasteiger partial charge in [-0.1, -0.05) is 18.2 Å². The lowest BCUT2D eigenvalue weighted by molar-refractivity contribution is -0.124. The molecule has 0 spiro atoms. The van der Waals surface area contributed by atoms with Crippen molar-refractivity contribution in [3.05, 3.63) is 54.1 Å². The van der Waals surface area contributed by atoms with Crippen LogP contribution in [0.4, 0.5) is 0 Å². The monoisotopic (exact) mass is 373 g/mol. The Labute approximate surface area is 155 Å². The molecule has 1 amide bonds. The van der Waals surface area contributed by atoms with Gasteiger partial charge >= 0.3 is 5.97 Å². The standard InChI is InChI=1S/C19H19NO5S/c21-18(20-8-11-26-15-4-2-1-3-5-15)13-25-19(22)14-6-7-16-17(12-14)24-10-9-23-16/h1-7,12H,8-11,13H2,(H,20,21). The molecular formula is C19H19NO5S. The Morgan fingerprint density at radius 1 is 1.04 bits per heavy atom. The average molecular weight is 373 g/mol. The molecule has 136 valence electrons. The van der Waals surface area contributed by atoms with E-state index in [4.69, 9.17) is 14.2 Å². The van der Waals surface area contributed by atoms with E-state index < -0.39 is 5.97 Å². The first-order valence-corrected chi connectivity index (χ1v) is 9.22. The van der Waals surface area contributed by atoms with Crippen molar-refractivity contribution in [2.45, 2.75) is 4.90 Å². The summed E-state index contributed by atoms with van der Waals surface area (Å²) in [7, 11) is 0. The molecule has 1 N–H and O–H groups in total. The van der Waals surface area contributed by atoms with Crippen LogP contribution in [0.15, 0.2) is 53.4 Å². The summed E-state index contributed by atoms with van der Waals surface area (Å²) < 4.78 is 15.9. The molecule has 0 aromatic heterocycles. The Morgan fingerprint density at radius 3 is 2.62 bits per heavy atom. The van der Waals surface area contributed by atoms with Gasteiger partial charge in [0.2, 0.25) is 0 Å². The molecule has 7 heteroatoms. The normalized spacial score (nSPS) is 12.3. The Hall–Kier alpha value is -2.67. The zero-order valence-electron chi connectivity index (χ0n) is 14.1.